The maximum absolute atomic E-state index is 11.6. The van der Waals surface area contributed by atoms with Crippen LogP contribution in [0.15, 0.2) is 35.5 Å². The average molecular weight is 248 g/mol. The Bertz CT molecular complexity index is 497. The van der Waals surface area contributed by atoms with Crippen LogP contribution in [0.2, 0.25) is 0 Å². The molecule has 0 aromatic carbocycles. The SMILES string of the molecule is Cc1cc(NC(=O)CSc2ccncc2)n[nH]1. The number of rotatable bonds is 4. The van der Waals surface area contributed by atoms with E-state index in [-0.39, 0.29) is 5.91 Å². The summed E-state index contributed by atoms with van der Waals surface area (Å²) in [5.41, 5.74) is 0.919. The number of hydrogen-bond donors (Lipinski definition) is 2. The van der Waals surface area contributed by atoms with Crippen LogP contribution in [0, 0.1) is 6.92 Å². The molecule has 0 radical (unpaired) electrons. The van der Waals surface area contributed by atoms with Gasteiger partial charge in [0.2, 0.25) is 5.91 Å². The molecule has 0 bridgehead atoms. The number of nitrogens with one attached hydrogen (secondary N) is 2. The molecule has 0 spiro atoms. The summed E-state index contributed by atoms with van der Waals surface area (Å²) in [6, 6.07) is 5.53. The summed E-state index contributed by atoms with van der Waals surface area (Å²) in [5.74, 6) is 0.844. The van der Waals surface area contributed by atoms with Crippen molar-refractivity contribution in [1.82, 2.24) is 15.2 Å². The summed E-state index contributed by atoms with van der Waals surface area (Å²) in [6.45, 7) is 1.88. The number of aromatic amines is 1. The fourth-order valence-corrected chi connectivity index (χ4v) is 1.93. The third kappa shape index (κ3) is 3.60. The Morgan fingerprint density at radius 2 is 2.24 bits per heavy atom. The lowest BCUT2D eigenvalue weighted by Gasteiger charge is -2.01. The standard InChI is InChI=1S/C11H12N4OS/c1-8-6-10(15-14-8)13-11(16)7-17-9-2-4-12-5-3-9/h2-6H,7H2,1H3,(H2,13,14,15,16). The molecular weight excluding hydrogens is 236 g/mol. The highest BCUT2D eigenvalue weighted by Crippen LogP contribution is 2.16. The minimum Gasteiger partial charge on any atom is -0.308 e. The van der Waals surface area contributed by atoms with Gasteiger partial charge in [0.15, 0.2) is 5.82 Å². The number of carbonyl (C=O) groups is 1. The number of aromatic nitrogens is 3. The monoisotopic (exact) mass is 248 g/mol. The normalized spacial score (nSPS) is 10.2. The van der Waals surface area contributed by atoms with Crippen molar-refractivity contribution in [3.8, 4) is 0 Å². The van der Waals surface area contributed by atoms with Crippen LogP contribution in [-0.4, -0.2) is 26.8 Å². The van der Waals surface area contributed by atoms with Crippen molar-refractivity contribution in [3.63, 3.8) is 0 Å². The molecule has 0 fully saturated rings. The van der Waals surface area contributed by atoms with Crippen molar-refractivity contribution < 1.29 is 4.79 Å². The predicted octanol–water partition coefficient (Wildman–Crippen LogP) is 1.84. The Labute approximate surface area is 103 Å². The van der Waals surface area contributed by atoms with E-state index < -0.39 is 0 Å². The van der Waals surface area contributed by atoms with Crippen molar-refractivity contribution in [2.75, 3.05) is 11.1 Å². The minimum atomic E-state index is -0.0710. The number of carbonyl (C=O) groups excluding carboxylic acids is 1. The Morgan fingerprint density at radius 1 is 1.47 bits per heavy atom. The third-order valence-electron chi connectivity index (χ3n) is 1.99. The molecule has 0 atom stereocenters. The maximum Gasteiger partial charge on any atom is 0.235 e. The van der Waals surface area contributed by atoms with Gasteiger partial charge in [0.1, 0.15) is 0 Å². The van der Waals surface area contributed by atoms with Crippen molar-refractivity contribution >= 4 is 23.5 Å². The highest BCUT2D eigenvalue weighted by molar-refractivity contribution is 8.00. The zero-order valence-electron chi connectivity index (χ0n) is 9.30. The summed E-state index contributed by atoms with van der Waals surface area (Å²) in [5, 5.41) is 9.42. The molecule has 2 N–H and O–H groups in total. The molecule has 0 saturated heterocycles. The molecule has 2 rings (SSSR count). The van der Waals surface area contributed by atoms with Gasteiger partial charge in [-0.25, -0.2) is 0 Å². The van der Waals surface area contributed by atoms with Crippen molar-refractivity contribution in [3.05, 3.63) is 36.3 Å². The van der Waals surface area contributed by atoms with Crippen LogP contribution in [0.25, 0.3) is 0 Å². The molecule has 1 amide bonds. The second-order valence-electron chi connectivity index (χ2n) is 3.46. The Kier molecular flexibility index (Phi) is 3.77. The molecule has 0 aliphatic rings. The van der Waals surface area contributed by atoms with E-state index in [4.69, 9.17) is 0 Å². The summed E-state index contributed by atoms with van der Waals surface area (Å²) < 4.78 is 0. The number of anilines is 1. The highest BCUT2D eigenvalue weighted by atomic mass is 32.2. The number of thioether (sulfide) groups is 1. The largest absolute Gasteiger partial charge is 0.308 e. The van der Waals surface area contributed by atoms with E-state index in [1.165, 1.54) is 11.8 Å². The molecule has 6 heteroatoms. The van der Waals surface area contributed by atoms with Crippen molar-refractivity contribution in [2.24, 2.45) is 0 Å². The van der Waals surface area contributed by atoms with Crippen LogP contribution in [0.3, 0.4) is 0 Å². The van der Waals surface area contributed by atoms with E-state index in [9.17, 15) is 4.79 Å². The first-order valence-corrected chi connectivity index (χ1v) is 6.07. The highest BCUT2D eigenvalue weighted by Gasteiger charge is 2.05. The molecule has 0 unspecified atom stereocenters. The van der Waals surface area contributed by atoms with Gasteiger partial charge in [-0.1, -0.05) is 0 Å². The van der Waals surface area contributed by atoms with Gasteiger partial charge in [-0.15, -0.1) is 11.8 Å². The number of aryl methyl sites for hydroxylation is 1. The minimum absolute atomic E-state index is 0.0710. The molecule has 2 aromatic rings. The number of amides is 1. The number of hydrogen-bond acceptors (Lipinski definition) is 4. The van der Waals surface area contributed by atoms with Crippen molar-refractivity contribution in [1.29, 1.82) is 0 Å². The van der Waals surface area contributed by atoms with E-state index in [1.54, 1.807) is 18.5 Å². The van der Waals surface area contributed by atoms with Crippen LogP contribution >= 0.6 is 11.8 Å². The van der Waals surface area contributed by atoms with Gasteiger partial charge in [-0.2, -0.15) is 5.10 Å². The fourth-order valence-electron chi connectivity index (χ4n) is 1.24. The van der Waals surface area contributed by atoms with Crippen LogP contribution < -0.4 is 5.32 Å². The first kappa shape index (κ1) is 11.7. The maximum atomic E-state index is 11.6. The zero-order chi connectivity index (χ0) is 12.1. The van der Waals surface area contributed by atoms with E-state index in [2.05, 4.69) is 20.5 Å². The van der Waals surface area contributed by atoms with E-state index in [0.29, 0.717) is 11.6 Å². The smallest absolute Gasteiger partial charge is 0.235 e. The Morgan fingerprint density at radius 3 is 2.88 bits per heavy atom. The van der Waals surface area contributed by atoms with Gasteiger partial charge < -0.3 is 5.32 Å². The number of nitrogens with zero attached hydrogens (tertiary/aromatic N) is 2. The summed E-state index contributed by atoms with van der Waals surface area (Å²) >= 11 is 1.46. The molecular formula is C11H12N4OS. The summed E-state index contributed by atoms with van der Waals surface area (Å²) in [6.07, 6.45) is 3.41. The lowest BCUT2D eigenvalue weighted by Crippen LogP contribution is -2.14. The number of H-pyrrole nitrogens is 1. The molecule has 0 aliphatic heterocycles. The van der Waals surface area contributed by atoms with Crippen LogP contribution in [0.1, 0.15) is 5.69 Å². The van der Waals surface area contributed by atoms with Gasteiger partial charge in [0.05, 0.1) is 5.75 Å². The van der Waals surface area contributed by atoms with E-state index in [1.807, 2.05) is 19.1 Å². The van der Waals surface area contributed by atoms with Crippen molar-refractivity contribution in [2.45, 2.75) is 11.8 Å². The predicted molar refractivity (Wildman–Crippen MR) is 66.9 cm³/mol. The Hall–Kier alpha value is -1.82. The van der Waals surface area contributed by atoms with E-state index >= 15 is 0 Å². The lowest BCUT2D eigenvalue weighted by atomic mass is 10.5. The van der Waals surface area contributed by atoms with Gasteiger partial charge in [-0.3, -0.25) is 14.9 Å². The van der Waals surface area contributed by atoms with Crippen LogP contribution in [0.5, 0.6) is 0 Å². The molecule has 0 saturated carbocycles. The first-order chi connectivity index (χ1) is 8.24. The molecule has 2 heterocycles. The first-order valence-electron chi connectivity index (χ1n) is 5.09. The summed E-state index contributed by atoms with van der Waals surface area (Å²) in [7, 11) is 0. The molecule has 17 heavy (non-hydrogen) atoms. The fraction of sp³-hybridized carbons (Fsp3) is 0.182. The van der Waals surface area contributed by atoms with Gasteiger partial charge >= 0.3 is 0 Å². The van der Waals surface area contributed by atoms with Gasteiger partial charge in [-0.05, 0) is 19.1 Å². The van der Waals surface area contributed by atoms with E-state index in [0.717, 1.165) is 10.6 Å². The van der Waals surface area contributed by atoms with Gasteiger partial charge in [0.25, 0.3) is 0 Å². The Balaban J connectivity index is 1.82. The van der Waals surface area contributed by atoms with Gasteiger partial charge in [0, 0.05) is 29.0 Å². The quantitative estimate of drug-likeness (QED) is 0.810. The van der Waals surface area contributed by atoms with Crippen LogP contribution in [0.4, 0.5) is 5.82 Å². The second-order valence-corrected chi connectivity index (χ2v) is 4.50. The molecule has 88 valence electrons. The topological polar surface area (TPSA) is 70.7 Å². The molecule has 2 aromatic heterocycles. The van der Waals surface area contributed by atoms with Crippen LogP contribution in [-0.2, 0) is 4.79 Å². The second kappa shape index (κ2) is 5.49. The molecule has 0 aliphatic carbocycles. The lowest BCUT2D eigenvalue weighted by molar-refractivity contribution is -0.113. The summed E-state index contributed by atoms with van der Waals surface area (Å²) in [4.78, 5) is 16.5. The number of pyridine rings is 1. The average Bonchev–Trinajstić information content (AvgIpc) is 2.73. The zero-order valence-corrected chi connectivity index (χ0v) is 10.1. The third-order valence-corrected chi connectivity index (χ3v) is 3.01. The molecule has 5 nitrogen and oxygen atoms in total.